The second-order valence-corrected chi connectivity index (χ2v) is 5.53. The van der Waals surface area contributed by atoms with Crippen molar-refractivity contribution in [3.63, 3.8) is 0 Å². The normalized spacial score (nSPS) is 11.5. The number of anilines is 1. The summed E-state index contributed by atoms with van der Waals surface area (Å²) in [6.07, 6.45) is -2.52. The summed E-state index contributed by atoms with van der Waals surface area (Å²) < 4.78 is 39.3. The summed E-state index contributed by atoms with van der Waals surface area (Å²) >= 11 is 1.43. The molecule has 2 rings (SSSR count). The van der Waals surface area contributed by atoms with Gasteiger partial charge < -0.3 is 4.90 Å². The summed E-state index contributed by atoms with van der Waals surface area (Å²) in [5.41, 5.74) is -1.68. The maximum atomic E-state index is 13.1. The van der Waals surface area contributed by atoms with E-state index in [4.69, 9.17) is 0 Å². The standard InChI is InChI=1S/C13H12F3N3O2S/c1-18(6-4-12-17-5-7-22-12)11-3-2-9(19(20)21)8-10(11)13(14,15)16/h2-3,5,7-8H,4,6H2,1H3. The SMILES string of the molecule is CN(CCc1nccs1)c1ccc([N+](=O)[O-])cc1C(F)(F)F. The second kappa shape index (κ2) is 6.30. The van der Waals surface area contributed by atoms with Crippen LogP contribution < -0.4 is 4.90 Å². The molecule has 5 nitrogen and oxygen atoms in total. The topological polar surface area (TPSA) is 59.3 Å². The lowest BCUT2D eigenvalue weighted by atomic mass is 10.1. The third-order valence-corrected chi connectivity index (χ3v) is 3.89. The van der Waals surface area contributed by atoms with Gasteiger partial charge in [-0.15, -0.1) is 11.3 Å². The quantitative estimate of drug-likeness (QED) is 0.618. The number of hydrogen-bond acceptors (Lipinski definition) is 5. The molecule has 0 N–H and O–H groups in total. The van der Waals surface area contributed by atoms with Crippen molar-refractivity contribution in [2.24, 2.45) is 0 Å². The van der Waals surface area contributed by atoms with Crippen LogP contribution in [0.2, 0.25) is 0 Å². The maximum Gasteiger partial charge on any atom is 0.418 e. The third kappa shape index (κ3) is 3.73. The number of alkyl halides is 3. The number of benzene rings is 1. The minimum atomic E-state index is -4.66. The fraction of sp³-hybridized carbons (Fsp3) is 0.308. The van der Waals surface area contributed by atoms with E-state index in [0.29, 0.717) is 19.0 Å². The monoisotopic (exact) mass is 331 g/mol. The zero-order chi connectivity index (χ0) is 16.3. The first-order chi connectivity index (χ1) is 10.3. The van der Waals surface area contributed by atoms with Crippen LogP contribution >= 0.6 is 11.3 Å². The molecular weight excluding hydrogens is 319 g/mol. The molecule has 0 amide bonds. The third-order valence-electron chi connectivity index (χ3n) is 3.05. The molecule has 0 saturated heterocycles. The summed E-state index contributed by atoms with van der Waals surface area (Å²) in [5.74, 6) is 0. The molecule has 1 heterocycles. The van der Waals surface area contributed by atoms with Gasteiger partial charge in [0, 0.05) is 49.4 Å². The van der Waals surface area contributed by atoms with Crippen molar-refractivity contribution in [1.82, 2.24) is 4.98 Å². The Hall–Kier alpha value is -2.16. The maximum absolute atomic E-state index is 13.1. The van der Waals surface area contributed by atoms with Crippen molar-refractivity contribution in [3.05, 3.63) is 50.5 Å². The molecule has 0 aliphatic rings. The van der Waals surface area contributed by atoms with E-state index in [-0.39, 0.29) is 5.69 Å². The van der Waals surface area contributed by atoms with Gasteiger partial charge in [0.05, 0.1) is 15.5 Å². The van der Waals surface area contributed by atoms with Crippen molar-refractivity contribution < 1.29 is 18.1 Å². The molecule has 0 saturated carbocycles. The van der Waals surface area contributed by atoms with Crippen molar-refractivity contribution in [3.8, 4) is 0 Å². The molecule has 0 aliphatic carbocycles. The molecule has 1 aromatic carbocycles. The van der Waals surface area contributed by atoms with E-state index in [1.807, 2.05) is 0 Å². The zero-order valence-corrected chi connectivity index (χ0v) is 12.3. The number of hydrogen-bond donors (Lipinski definition) is 0. The Kier molecular flexibility index (Phi) is 4.65. The summed E-state index contributed by atoms with van der Waals surface area (Å²) in [4.78, 5) is 15.3. The number of non-ortho nitro benzene ring substituents is 1. The fourth-order valence-electron chi connectivity index (χ4n) is 1.96. The second-order valence-electron chi connectivity index (χ2n) is 4.55. The van der Waals surface area contributed by atoms with Gasteiger partial charge in [-0.3, -0.25) is 10.1 Å². The number of likely N-dealkylation sites (N-methyl/N-ethyl adjacent to an activating group) is 1. The van der Waals surface area contributed by atoms with Gasteiger partial charge in [-0.2, -0.15) is 13.2 Å². The molecule has 22 heavy (non-hydrogen) atoms. The van der Waals surface area contributed by atoms with Crippen LogP contribution in [0.15, 0.2) is 29.8 Å². The molecule has 9 heteroatoms. The van der Waals surface area contributed by atoms with Crippen LogP contribution in [0, 0.1) is 10.1 Å². The highest BCUT2D eigenvalue weighted by atomic mass is 32.1. The number of rotatable bonds is 5. The Morgan fingerprint density at radius 3 is 2.68 bits per heavy atom. The van der Waals surface area contributed by atoms with Crippen LogP contribution in [0.4, 0.5) is 24.5 Å². The Bertz CT molecular complexity index is 659. The number of nitrogens with zero attached hydrogens (tertiary/aromatic N) is 3. The van der Waals surface area contributed by atoms with E-state index in [9.17, 15) is 23.3 Å². The number of thiazole rings is 1. The molecule has 0 radical (unpaired) electrons. The lowest BCUT2D eigenvalue weighted by Crippen LogP contribution is -2.23. The van der Waals surface area contributed by atoms with Crippen molar-refractivity contribution in [1.29, 1.82) is 0 Å². The first-order valence-corrected chi connectivity index (χ1v) is 7.12. The molecule has 118 valence electrons. The van der Waals surface area contributed by atoms with E-state index in [0.717, 1.165) is 17.1 Å². The van der Waals surface area contributed by atoms with Gasteiger partial charge in [-0.05, 0) is 6.07 Å². The highest BCUT2D eigenvalue weighted by Gasteiger charge is 2.36. The molecular formula is C13H12F3N3O2S. The molecule has 0 fully saturated rings. The van der Waals surface area contributed by atoms with E-state index in [1.54, 1.807) is 11.6 Å². The van der Waals surface area contributed by atoms with Gasteiger partial charge in [0.25, 0.3) is 5.69 Å². The molecule has 2 aromatic rings. The predicted octanol–water partition coefficient (Wildman–Crippen LogP) is 3.75. The summed E-state index contributed by atoms with van der Waals surface area (Å²) in [5, 5.41) is 13.3. The molecule has 0 bridgehead atoms. The van der Waals surface area contributed by atoms with Crippen LogP contribution in [0.1, 0.15) is 10.6 Å². The van der Waals surface area contributed by atoms with Gasteiger partial charge in [0.15, 0.2) is 0 Å². The zero-order valence-electron chi connectivity index (χ0n) is 11.5. The van der Waals surface area contributed by atoms with Crippen LogP contribution in [-0.2, 0) is 12.6 Å². The highest BCUT2D eigenvalue weighted by molar-refractivity contribution is 7.09. The minimum Gasteiger partial charge on any atom is -0.374 e. The number of halogens is 3. The molecule has 0 unspecified atom stereocenters. The molecule has 1 aromatic heterocycles. The van der Waals surface area contributed by atoms with Gasteiger partial charge in [0.2, 0.25) is 0 Å². The van der Waals surface area contributed by atoms with Gasteiger partial charge in [0.1, 0.15) is 0 Å². The largest absolute Gasteiger partial charge is 0.418 e. The van der Waals surface area contributed by atoms with E-state index in [1.165, 1.54) is 23.3 Å². The van der Waals surface area contributed by atoms with Gasteiger partial charge in [-0.25, -0.2) is 4.98 Å². The molecule has 0 spiro atoms. The first kappa shape index (κ1) is 16.2. The summed E-state index contributed by atoms with van der Waals surface area (Å²) in [6, 6.07) is 2.77. The highest BCUT2D eigenvalue weighted by Crippen LogP contribution is 2.38. The van der Waals surface area contributed by atoms with Crippen LogP contribution in [0.5, 0.6) is 0 Å². The fourth-order valence-corrected chi connectivity index (χ4v) is 2.57. The average Bonchev–Trinajstić information content (AvgIpc) is 2.96. The van der Waals surface area contributed by atoms with Crippen molar-refractivity contribution in [2.45, 2.75) is 12.6 Å². The van der Waals surface area contributed by atoms with E-state index in [2.05, 4.69) is 4.98 Å². The number of nitro benzene ring substituents is 1. The van der Waals surface area contributed by atoms with Crippen molar-refractivity contribution in [2.75, 3.05) is 18.5 Å². The average molecular weight is 331 g/mol. The van der Waals surface area contributed by atoms with Crippen molar-refractivity contribution >= 4 is 22.7 Å². The van der Waals surface area contributed by atoms with E-state index < -0.39 is 22.4 Å². The Morgan fingerprint density at radius 2 is 2.14 bits per heavy atom. The van der Waals surface area contributed by atoms with Crippen LogP contribution in [0.25, 0.3) is 0 Å². The van der Waals surface area contributed by atoms with Crippen LogP contribution in [-0.4, -0.2) is 23.5 Å². The Morgan fingerprint density at radius 1 is 1.41 bits per heavy atom. The lowest BCUT2D eigenvalue weighted by molar-refractivity contribution is -0.385. The smallest absolute Gasteiger partial charge is 0.374 e. The predicted molar refractivity (Wildman–Crippen MR) is 77.2 cm³/mol. The summed E-state index contributed by atoms with van der Waals surface area (Å²) in [7, 11) is 1.52. The molecule has 0 atom stereocenters. The molecule has 0 aliphatic heterocycles. The number of nitro groups is 1. The lowest BCUT2D eigenvalue weighted by Gasteiger charge is -2.23. The Labute approximate surface area is 128 Å². The first-order valence-electron chi connectivity index (χ1n) is 6.24. The summed E-state index contributed by atoms with van der Waals surface area (Å²) in [6.45, 7) is 0.328. The van der Waals surface area contributed by atoms with E-state index >= 15 is 0 Å². The van der Waals surface area contributed by atoms with Gasteiger partial charge >= 0.3 is 6.18 Å². The van der Waals surface area contributed by atoms with Gasteiger partial charge in [-0.1, -0.05) is 0 Å². The number of aromatic nitrogens is 1. The minimum absolute atomic E-state index is 0.0883. The Balaban J connectivity index is 2.26. The van der Waals surface area contributed by atoms with Crippen LogP contribution in [0.3, 0.4) is 0 Å².